The molecule has 11 heavy (non-hydrogen) atoms. The van der Waals surface area contributed by atoms with E-state index in [1.807, 2.05) is 6.92 Å². The molecule has 2 N–H and O–H groups in total. The Balaban J connectivity index is 2.63. The summed E-state index contributed by atoms with van der Waals surface area (Å²) in [6.07, 6.45) is 0. The van der Waals surface area contributed by atoms with E-state index in [1.54, 1.807) is 6.92 Å². The van der Waals surface area contributed by atoms with Crippen LogP contribution in [0.4, 0.5) is 0 Å². The van der Waals surface area contributed by atoms with Crippen LogP contribution in [0.5, 0.6) is 5.88 Å². The zero-order chi connectivity index (χ0) is 8.27. The molecule has 0 saturated carbocycles. The van der Waals surface area contributed by atoms with Gasteiger partial charge in [0.2, 0.25) is 0 Å². The summed E-state index contributed by atoms with van der Waals surface area (Å²) >= 11 is 0. The van der Waals surface area contributed by atoms with Crippen LogP contribution in [0, 0.1) is 6.92 Å². The highest BCUT2D eigenvalue weighted by Gasteiger charge is 2.08. The maximum Gasteiger partial charge on any atom is 0.254 e. The maximum atomic E-state index is 9.01. The Hall–Kier alpha value is -1.03. The summed E-state index contributed by atoms with van der Waals surface area (Å²) < 4.78 is 4.83. The van der Waals surface area contributed by atoms with Crippen molar-refractivity contribution in [2.24, 2.45) is 0 Å². The molecule has 0 saturated heterocycles. The van der Waals surface area contributed by atoms with E-state index < -0.39 is 0 Å². The first-order valence-corrected chi connectivity index (χ1v) is 3.60. The van der Waals surface area contributed by atoms with Gasteiger partial charge in [-0.2, -0.15) is 0 Å². The van der Waals surface area contributed by atoms with Crippen molar-refractivity contribution in [2.75, 3.05) is 6.54 Å². The lowest BCUT2D eigenvalue weighted by Gasteiger charge is -1.95. The first-order valence-electron chi connectivity index (χ1n) is 3.60. The van der Waals surface area contributed by atoms with Gasteiger partial charge in [0.05, 0.1) is 12.1 Å². The van der Waals surface area contributed by atoms with E-state index in [0.717, 1.165) is 6.54 Å². The summed E-state index contributed by atoms with van der Waals surface area (Å²) in [6, 6.07) is 0. The maximum absolute atomic E-state index is 9.01. The van der Waals surface area contributed by atoms with Gasteiger partial charge in [-0.25, -0.2) is 0 Å². The van der Waals surface area contributed by atoms with Crippen LogP contribution in [0.25, 0.3) is 0 Å². The van der Waals surface area contributed by atoms with Crippen LogP contribution in [0.3, 0.4) is 0 Å². The van der Waals surface area contributed by atoms with Crippen LogP contribution in [0.15, 0.2) is 4.52 Å². The van der Waals surface area contributed by atoms with Gasteiger partial charge in [0.25, 0.3) is 5.88 Å². The first-order chi connectivity index (χ1) is 5.25. The molecule has 0 aliphatic rings. The molecule has 0 atom stereocenters. The van der Waals surface area contributed by atoms with Crippen LogP contribution >= 0.6 is 0 Å². The Morgan fingerprint density at radius 1 is 1.64 bits per heavy atom. The molecule has 0 aliphatic carbocycles. The van der Waals surface area contributed by atoms with Crippen molar-refractivity contribution < 1.29 is 9.63 Å². The SMILES string of the molecule is CCNCc1onc(O)c1C. The number of hydrogen-bond acceptors (Lipinski definition) is 4. The van der Waals surface area contributed by atoms with Crippen molar-refractivity contribution in [3.05, 3.63) is 11.3 Å². The fraction of sp³-hybridized carbons (Fsp3) is 0.571. The Morgan fingerprint density at radius 2 is 2.36 bits per heavy atom. The molecule has 0 amide bonds. The Labute approximate surface area is 65.2 Å². The van der Waals surface area contributed by atoms with Gasteiger partial charge in [-0.1, -0.05) is 6.92 Å². The summed E-state index contributed by atoms with van der Waals surface area (Å²) in [5, 5.41) is 15.5. The number of nitrogens with one attached hydrogen (secondary N) is 1. The van der Waals surface area contributed by atoms with Gasteiger partial charge in [-0.05, 0) is 18.6 Å². The second-order valence-corrected chi connectivity index (χ2v) is 2.33. The van der Waals surface area contributed by atoms with Gasteiger partial charge < -0.3 is 14.9 Å². The van der Waals surface area contributed by atoms with E-state index in [-0.39, 0.29) is 5.88 Å². The second-order valence-electron chi connectivity index (χ2n) is 2.33. The predicted octanol–water partition coefficient (Wildman–Crippen LogP) is 0.798. The zero-order valence-corrected chi connectivity index (χ0v) is 6.72. The van der Waals surface area contributed by atoms with Crippen molar-refractivity contribution in [2.45, 2.75) is 20.4 Å². The fourth-order valence-electron chi connectivity index (χ4n) is 0.763. The highest BCUT2D eigenvalue weighted by molar-refractivity contribution is 5.24. The first kappa shape index (κ1) is 8.07. The summed E-state index contributed by atoms with van der Waals surface area (Å²) in [5.74, 6) is 0.683. The van der Waals surface area contributed by atoms with E-state index in [1.165, 1.54) is 0 Å². The van der Waals surface area contributed by atoms with Gasteiger partial charge in [0.15, 0.2) is 5.76 Å². The highest BCUT2D eigenvalue weighted by atomic mass is 16.5. The van der Waals surface area contributed by atoms with Crippen molar-refractivity contribution >= 4 is 0 Å². The van der Waals surface area contributed by atoms with Gasteiger partial charge in [-0.3, -0.25) is 0 Å². The lowest BCUT2D eigenvalue weighted by Crippen LogP contribution is -2.11. The lowest BCUT2D eigenvalue weighted by atomic mass is 10.3. The average molecular weight is 156 g/mol. The molecule has 0 aliphatic heterocycles. The van der Waals surface area contributed by atoms with Gasteiger partial charge >= 0.3 is 0 Å². The molecule has 0 unspecified atom stereocenters. The molecular weight excluding hydrogens is 144 g/mol. The molecule has 0 radical (unpaired) electrons. The zero-order valence-electron chi connectivity index (χ0n) is 6.72. The summed E-state index contributed by atoms with van der Waals surface area (Å²) in [4.78, 5) is 0. The molecule has 0 bridgehead atoms. The minimum Gasteiger partial charge on any atom is -0.491 e. The lowest BCUT2D eigenvalue weighted by molar-refractivity contribution is 0.337. The normalized spacial score (nSPS) is 10.4. The third kappa shape index (κ3) is 1.71. The van der Waals surface area contributed by atoms with Crippen LogP contribution in [-0.2, 0) is 6.54 Å². The molecule has 4 nitrogen and oxygen atoms in total. The molecule has 1 rings (SSSR count). The molecule has 0 spiro atoms. The molecular formula is C7H12N2O2. The molecule has 1 aromatic rings. The second kappa shape index (κ2) is 3.39. The largest absolute Gasteiger partial charge is 0.491 e. The molecule has 0 fully saturated rings. The number of nitrogens with zero attached hydrogens (tertiary/aromatic N) is 1. The van der Waals surface area contributed by atoms with Crippen molar-refractivity contribution in [1.82, 2.24) is 10.5 Å². The van der Waals surface area contributed by atoms with Gasteiger partial charge in [0.1, 0.15) is 0 Å². The van der Waals surface area contributed by atoms with Crippen molar-refractivity contribution in [3.63, 3.8) is 0 Å². The molecule has 1 heterocycles. The Morgan fingerprint density at radius 3 is 2.82 bits per heavy atom. The standard InChI is InChI=1S/C7H12N2O2/c1-3-8-4-6-5(2)7(10)9-11-6/h8H,3-4H2,1-2H3,(H,9,10). The minimum absolute atomic E-state index is 0.0158. The smallest absolute Gasteiger partial charge is 0.254 e. The van der Waals surface area contributed by atoms with Gasteiger partial charge in [0, 0.05) is 0 Å². The Bertz CT molecular complexity index is 232. The van der Waals surface area contributed by atoms with E-state index in [0.29, 0.717) is 17.9 Å². The number of aromatic hydroxyl groups is 1. The van der Waals surface area contributed by atoms with Crippen molar-refractivity contribution in [3.8, 4) is 5.88 Å². The van der Waals surface area contributed by atoms with E-state index in [9.17, 15) is 0 Å². The fourth-order valence-corrected chi connectivity index (χ4v) is 0.763. The van der Waals surface area contributed by atoms with Crippen LogP contribution < -0.4 is 5.32 Å². The topological polar surface area (TPSA) is 58.3 Å². The molecule has 4 heteroatoms. The summed E-state index contributed by atoms with van der Waals surface area (Å²) in [5.41, 5.74) is 0.714. The molecule has 1 aromatic heterocycles. The minimum atomic E-state index is -0.0158. The average Bonchev–Trinajstić information content (AvgIpc) is 2.31. The predicted molar refractivity (Wildman–Crippen MR) is 40.3 cm³/mol. The number of aromatic nitrogens is 1. The van der Waals surface area contributed by atoms with E-state index in [4.69, 9.17) is 9.63 Å². The van der Waals surface area contributed by atoms with Crippen molar-refractivity contribution in [1.29, 1.82) is 0 Å². The third-order valence-corrected chi connectivity index (χ3v) is 1.53. The highest BCUT2D eigenvalue weighted by Crippen LogP contribution is 2.17. The Kier molecular flexibility index (Phi) is 2.48. The van der Waals surface area contributed by atoms with Gasteiger partial charge in [-0.15, -0.1) is 0 Å². The van der Waals surface area contributed by atoms with Crippen LogP contribution in [0.2, 0.25) is 0 Å². The third-order valence-electron chi connectivity index (χ3n) is 1.53. The van der Waals surface area contributed by atoms with E-state index in [2.05, 4.69) is 10.5 Å². The molecule has 0 aromatic carbocycles. The quantitative estimate of drug-likeness (QED) is 0.679. The number of rotatable bonds is 3. The van der Waals surface area contributed by atoms with E-state index >= 15 is 0 Å². The summed E-state index contributed by atoms with van der Waals surface area (Å²) in [7, 11) is 0. The van der Waals surface area contributed by atoms with Crippen LogP contribution in [0.1, 0.15) is 18.2 Å². The van der Waals surface area contributed by atoms with Crippen LogP contribution in [-0.4, -0.2) is 16.8 Å². The number of hydrogen-bond donors (Lipinski definition) is 2. The molecule has 62 valence electrons. The monoisotopic (exact) mass is 156 g/mol. The summed E-state index contributed by atoms with van der Waals surface area (Å²) in [6.45, 7) is 5.28.